The summed E-state index contributed by atoms with van der Waals surface area (Å²) in [6, 6.07) is 0. The van der Waals surface area contributed by atoms with Gasteiger partial charge in [-0.15, -0.1) is 0 Å². The minimum atomic E-state index is -1.57. The Morgan fingerprint density at radius 2 is 2.00 bits per heavy atom. The van der Waals surface area contributed by atoms with Crippen LogP contribution in [0, 0.1) is 17.8 Å². The van der Waals surface area contributed by atoms with Gasteiger partial charge in [-0.3, -0.25) is 14.4 Å². The molecule has 0 saturated heterocycles. The van der Waals surface area contributed by atoms with Gasteiger partial charge in [0.1, 0.15) is 17.1 Å². The molecule has 0 bridgehead atoms. The topological polar surface area (TPSA) is 107 Å². The Morgan fingerprint density at radius 1 is 1.29 bits per heavy atom. The summed E-state index contributed by atoms with van der Waals surface area (Å²) in [7, 11) is 0. The molecular formula is C24H26O7. The summed E-state index contributed by atoms with van der Waals surface area (Å²) in [5.41, 5.74) is -0.513. The zero-order valence-electron chi connectivity index (χ0n) is 18.1. The fourth-order valence-electron chi connectivity index (χ4n) is 4.84. The molecule has 164 valence electrons. The molecule has 31 heavy (non-hydrogen) atoms. The number of fused-ring (bicyclic) bond motifs is 3. The number of ether oxygens (including phenoxy) is 2. The fraction of sp³-hybridized carbons (Fsp3) is 0.500. The molecule has 0 aromatic rings. The van der Waals surface area contributed by atoms with Crippen LogP contribution in [-0.2, 0) is 28.7 Å². The van der Waals surface area contributed by atoms with Gasteiger partial charge in [-0.05, 0) is 43.4 Å². The lowest BCUT2D eigenvalue weighted by molar-refractivity contribution is -0.153. The van der Waals surface area contributed by atoms with E-state index in [1.807, 2.05) is 13.8 Å². The summed E-state index contributed by atoms with van der Waals surface area (Å²) in [5, 5.41) is 9.86. The number of aliphatic hydroxyl groups excluding tert-OH is 1. The summed E-state index contributed by atoms with van der Waals surface area (Å²) < 4.78 is 11.2. The van der Waals surface area contributed by atoms with Gasteiger partial charge in [0.15, 0.2) is 11.4 Å². The largest absolute Gasteiger partial charge is 0.468 e. The highest BCUT2D eigenvalue weighted by Crippen LogP contribution is 2.48. The monoisotopic (exact) mass is 426 g/mol. The van der Waals surface area contributed by atoms with Crippen molar-refractivity contribution in [3.05, 3.63) is 46.5 Å². The Kier molecular flexibility index (Phi) is 5.12. The van der Waals surface area contributed by atoms with Crippen LogP contribution in [0.2, 0.25) is 0 Å². The molecule has 2 heterocycles. The lowest BCUT2D eigenvalue weighted by atomic mass is 9.73. The highest BCUT2D eigenvalue weighted by Gasteiger charge is 2.55. The zero-order chi connectivity index (χ0) is 22.7. The molecule has 4 rings (SSSR count). The number of ketones is 3. The van der Waals surface area contributed by atoms with E-state index >= 15 is 0 Å². The van der Waals surface area contributed by atoms with Gasteiger partial charge in [-0.25, -0.2) is 4.79 Å². The summed E-state index contributed by atoms with van der Waals surface area (Å²) in [6.45, 7) is 6.94. The maximum absolute atomic E-state index is 13.0. The summed E-state index contributed by atoms with van der Waals surface area (Å²) in [6.07, 6.45) is 4.82. The number of carbonyl (C=O) groups is 4. The number of carbonyl (C=O) groups excluding carboxylic acids is 4. The van der Waals surface area contributed by atoms with E-state index in [0.29, 0.717) is 29.7 Å². The molecule has 5 atom stereocenters. The van der Waals surface area contributed by atoms with E-state index in [4.69, 9.17) is 9.47 Å². The molecule has 7 nitrogen and oxygen atoms in total. The van der Waals surface area contributed by atoms with E-state index in [9.17, 15) is 24.3 Å². The third-order valence-corrected chi connectivity index (χ3v) is 6.79. The van der Waals surface area contributed by atoms with Crippen molar-refractivity contribution >= 4 is 23.3 Å². The van der Waals surface area contributed by atoms with Crippen LogP contribution in [0.1, 0.15) is 47.0 Å². The van der Waals surface area contributed by atoms with Gasteiger partial charge in [0, 0.05) is 23.5 Å². The second-order valence-electron chi connectivity index (χ2n) is 9.02. The number of rotatable bonds is 4. The molecule has 2 aliphatic carbocycles. The van der Waals surface area contributed by atoms with Gasteiger partial charge in [-0.1, -0.05) is 20.8 Å². The molecule has 0 radical (unpaired) electrons. The van der Waals surface area contributed by atoms with E-state index in [2.05, 4.69) is 0 Å². The van der Waals surface area contributed by atoms with Crippen LogP contribution in [0.4, 0.5) is 0 Å². The highest BCUT2D eigenvalue weighted by atomic mass is 16.6. The number of hydrogen-bond acceptors (Lipinski definition) is 7. The molecule has 0 aromatic carbocycles. The van der Waals surface area contributed by atoms with Gasteiger partial charge in [-0.2, -0.15) is 0 Å². The van der Waals surface area contributed by atoms with E-state index in [1.165, 1.54) is 19.3 Å². The summed E-state index contributed by atoms with van der Waals surface area (Å²) in [5.74, 6) is -2.36. The Balaban J connectivity index is 1.79. The number of aliphatic hydroxyl groups is 1. The van der Waals surface area contributed by atoms with Crippen molar-refractivity contribution in [3.63, 3.8) is 0 Å². The molecular weight excluding hydrogens is 400 g/mol. The maximum Gasteiger partial charge on any atom is 0.343 e. The van der Waals surface area contributed by atoms with Gasteiger partial charge in [0.2, 0.25) is 5.78 Å². The fourth-order valence-corrected chi connectivity index (χ4v) is 4.84. The van der Waals surface area contributed by atoms with Crippen LogP contribution in [0.15, 0.2) is 46.5 Å². The molecule has 1 saturated carbocycles. The van der Waals surface area contributed by atoms with Crippen LogP contribution in [0.25, 0.3) is 0 Å². The first-order valence-electron chi connectivity index (χ1n) is 10.7. The van der Waals surface area contributed by atoms with Crippen LogP contribution < -0.4 is 0 Å². The SMILES string of the molecule is CC[C@@H](C)C(=O)C1=C2C3=COC([C@H]4C(=O)C[C@@H](O)C[C@H]4C)=CC3=CC(=O)[C@@]2(C)OC1=O. The second-order valence-corrected chi connectivity index (χ2v) is 9.02. The highest BCUT2D eigenvalue weighted by molar-refractivity contribution is 6.24. The van der Waals surface area contributed by atoms with Crippen molar-refractivity contribution in [3.8, 4) is 0 Å². The van der Waals surface area contributed by atoms with Crippen molar-refractivity contribution in [1.29, 1.82) is 0 Å². The normalized spacial score (nSPS) is 33.5. The summed E-state index contributed by atoms with van der Waals surface area (Å²) in [4.78, 5) is 51.1. The van der Waals surface area contributed by atoms with E-state index < -0.39 is 35.3 Å². The average molecular weight is 426 g/mol. The number of Topliss-reactive ketones (excluding diaryl/α,β-unsaturated/α-hetero) is 2. The predicted octanol–water partition coefficient (Wildman–Crippen LogP) is 2.50. The lowest BCUT2D eigenvalue weighted by Crippen LogP contribution is -2.41. The smallest absolute Gasteiger partial charge is 0.343 e. The van der Waals surface area contributed by atoms with Crippen LogP contribution in [0.5, 0.6) is 0 Å². The molecule has 2 aliphatic heterocycles. The summed E-state index contributed by atoms with van der Waals surface area (Å²) >= 11 is 0. The van der Waals surface area contributed by atoms with Crippen LogP contribution >= 0.6 is 0 Å². The van der Waals surface area contributed by atoms with Crippen molar-refractivity contribution in [2.45, 2.75) is 58.7 Å². The number of esters is 1. The molecule has 0 aromatic heterocycles. The second kappa shape index (κ2) is 7.41. The quantitative estimate of drug-likeness (QED) is 0.544. The molecule has 7 heteroatoms. The Hall–Kier alpha value is -2.80. The first-order chi connectivity index (χ1) is 14.6. The molecule has 1 N–H and O–H groups in total. The first kappa shape index (κ1) is 21.4. The minimum Gasteiger partial charge on any atom is -0.468 e. The zero-order valence-corrected chi connectivity index (χ0v) is 18.1. The Bertz CT molecular complexity index is 1020. The van der Waals surface area contributed by atoms with Crippen molar-refractivity contribution < 1.29 is 33.8 Å². The van der Waals surface area contributed by atoms with Gasteiger partial charge in [0.25, 0.3) is 0 Å². The Labute approximate surface area is 180 Å². The van der Waals surface area contributed by atoms with E-state index in [-0.39, 0.29) is 35.1 Å². The van der Waals surface area contributed by atoms with Crippen LogP contribution in [0.3, 0.4) is 0 Å². The standard InChI is InChI=1S/C24H26O7/c1-5-11(2)22(28)20-21-15-10-30-17(19-12(3)6-14(25)9-16(19)26)7-13(15)8-18(27)24(21,4)31-23(20)29/h7-8,10-12,14,19,25H,5-6,9H2,1-4H3/t11-,12-,14+,19-,24-/m1/s1. The third kappa shape index (κ3) is 3.22. The first-order valence-corrected chi connectivity index (χ1v) is 10.7. The molecule has 0 spiro atoms. The van der Waals surface area contributed by atoms with Crippen LogP contribution in [-0.4, -0.2) is 40.1 Å². The predicted molar refractivity (Wildman–Crippen MR) is 109 cm³/mol. The Morgan fingerprint density at radius 3 is 2.65 bits per heavy atom. The van der Waals surface area contributed by atoms with Gasteiger partial charge >= 0.3 is 5.97 Å². The molecule has 0 unspecified atom stereocenters. The minimum absolute atomic E-state index is 0.0589. The molecule has 1 fully saturated rings. The average Bonchev–Trinajstić information content (AvgIpc) is 2.97. The number of allylic oxidation sites excluding steroid dienone is 3. The van der Waals surface area contributed by atoms with Gasteiger partial charge < -0.3 is 14.6 Å². The van der Waals surface area contributed by atoms with E-state index in [0.717, 1.165) is 0 Å². The van der Waals surface area contributed by atoms with Crippen molar-refractivity contribution in [2.75, 3.05) is 0 Å². The van der Waals surface area contributed by atoms with Crippen molar-refractivity contribution in [2.24, 2.45) is 17.8 Å². The van der Waals surface area contributed by atoms with E-state index in [1.54, 1.807) is 13.0 Å². The number of hydrogen-bond donors (Lipinski definition) is 1. The van der Waals surface area contributed by atoms with Gasteiger partial charge in [0.05, 0.1) is 18.3 Å². The molecule has 4 aliphatic rings. The third-order valence-electron chi connectivity index (χ3n) is 6.79. The maximum atomic E-state index is 13.0. The molecule has 0 amide bonds. The van der Waals surface area contributed by atoms with Crippen molar-refractivity contribution in [1.82, 2.24) is 0 Å². The lowest BCUT2D eigenvalue weighted by Gasteiger charge is -2.35.